The van der Waals surface area contributed by atoms with Crippen molar-refractivity contribution in [1.29, 1.82) is 0 Å². The molecule has 2 aliphatic heterocycles. The number of carbonyl (C=O) groups excluding carboxylic acids is 1. The Balaban J connectivity index is 1.50. The molecular weight excluding hydrogens is 316 g/mol. The first-order valence-electron chi connectivity index (χ1n) is 9.50. The van der Waals surface area contributed by atoms with Crippen molar-refractivity contribution in [3.05, 3.63) is 18.5 Å². The first kappa shape index (κ1) is 18.4. The Hall–Kier alpha value is -1.44. The number of nitrogens with zero attached hydrogens (tertiary/aromatic N) is 4. The molecule has 1 aromatic rings. The molecule has 7 nitrogen and oxygen atoms in total. The van der Waals surface area contributed by atoms with Crippen LogP contribution in [0.15, 0.2) is 18.5 Å². The largest absolute Gasteiger partial charge is 0.353 e. The summed E-state index contributed by atoms with van der Waals surface area (Å²) in [7, 11) is 4.32. The van der Waals surface area contributed by atoms with E-state index in [4.69, 9.17) is 0 Å². The number of hydrogen-bond donors (Lipinski definition) is 2. The predicted molar refractivity (Wildman–Crippen MR) is 98.5 cm³/mol. The summed E-state index contributed by atoms with van der Waals surface area (Å²) in [5.74, 6) is 0.112. The molecule has 0 unspecified atom stereocenters. The number of aromatic nitrogens is 2. The van der Waals surface area contributed by atoms with Gasteiger partial charge in [-0.1, -0.05) is 0 Å². The van der Waals surface area contributed by atoms with Crippen LogP contribution in [0.25, 0.3) is 0 Å². The number of rotatable bonds is 6. The van der Waals surface area contributed by atoms with E-state index in [2.05, 4.69) is 39.6 Å². The number of hydrogen-bond acceptors (Lipinski definition) is 5. The highest BCUT2D eigenvalue weighted by Gasteiger charge is 2.41. The van der Waals surface area contributed by atoms with Crippen molar-refractivity contribution in [3.63, 3.8) is 0 Å². The molecule has 1 aromatic heterocycles. The molecule has 0 spiro atoms. The third-order valence-electron chi connectivity index (χ3n) is 5.80. The van der Waals surface area contributed by atoms with E-state index >= 15 is 0 Å². The second-order valence-corrected chi connectivity index (χ2v) is 7.52. The maximum absolute atomic E-state index is 13.0. The van der Waals surface area contributed by atoms with Gasteiger partial charge in [-0.15, -0.1) is 0 Å². The standard InChI is InChI=1S/C18H32N6O/c1-22(2)16-4-13-23(14-5-16)15-11-20-17(25)18(6-9-19-10-7-18)24-12-3-8-21-24/h3,8,12,16,19H,4-7,9-11,13-15H2,1-2H3,(H,20,25). The predicted octanol–water partition coefficient (Wildman–Crippen LogP) is 0.104. The minimum absolute atomic E-state index is 0.112. The molecule has 7 heteroatoms. The lowest BCUT2D eigenvalue weighted by Crippen LogP contribution is -2.55. The van der Waals surface area contributed by atoms with Crippen LogP contribution in [-0.4, -0.2) is 84.9 Å². The lowest BCUT2D eigenvalue weighted by atomic mass is 9.87. The summed E-state index contributed by atoms with van der Waals surface area (Å²) in [4.78, 5) is 17.8. The van der Waals surface area contributed by atoms with Crippen LogP contribution >= 0.6 is 0 Å². The molecule has 0 aromatic carbocycles. The van der Waals surface area contributed by atoms with E-state index in [1.54, 1.807) is 6.20 Å². The van der Waals surface area contributed by atoms with Crippen molar-refractivity contribution >= 4 is 5.91 Å². The van der Waals surface area contributed by atoms with Gasteiger partial charge in [0.25, 0.3) is 0 Å². The normalized spacial score (nSPS) is 22.2. The topological polar surface area (TPSA) is 65.4 Å². The maximum Gasteiger partial charge on any atom is 0.248 e. The second-order valence-electron chi connectivity index (χ2n) is 7.52. The smallest absolute Gasteiger partial charge is 0.248 e. The zero-order valence-electron chi connectivity index (χ0n) is 15.6. The molecule has 2 fully saturated rings. The third kappa shape index (κ3) is 4.22. The van der Waals surface area contributed by atoms with E-state index < -0.39 is 5.54 Å². The Bertz CT molecular complexity index is 530. The average molecular weight is 348 g/mol. The summed E-state index contributed by atoms with van der Waals surface area (Å²) in [6.07, 6.45) is 7.67. The monoisotopic (exact) mass is 348 g/mol. The highest BCUT2D eigenvalue weighted by molar-refractivity contribution is 5.84. The Kier molecular flexibility index (Phi) is 6.09. The van der Waals surface area contributed by atoms with Crippen molar-refractivity contribution < 1.29 is 4.79 Å². The Morgan fingerprint density at radius 2 is 2.04 bits per heavy atom. The van der Waals surface area contributed by atoms with E-state index in [1.165, 1.54) is 12.8 Å². The molecule has 2 saturated heterocycles. The molecule has 3 rings (SSSR count). The molecule has 140 valence electrons. The van der Waals surface area contributed by atoms with Crippen molar-refractivity contribution in [2.24, 2.45) is 0 Å². The summed E-state index contributed by atoms with van der Waals surface area (Å²) in [5.41, 5.74) is -0.535. The van der Waals surface area contributed by atoms with Crippen LogP contribution in [0.1, 0.15) is 25.7 Å². The Morgan fingerprint density at radius 1 is 1.32 bits per heavy atom. The first-order chi connectivity index (χ1) is 12.1. The van der Waals surface area contributed by atoms with E-state index in [9.17, 15) is 4.79 Å². The van der Waals surface area contributed by atoms with Crippen molar-refractivity contribution in [2.75, 3.05) is 53.4 Å². The number of nitrogens with one attached hydrogen (secondary N) is 2. The lowest BCUT2D eigenvalue weighted by Gasteiger charge is -2.37. The van der Waals surface area contributed by atoms with Crippen molar-refractivity contribution in [2.45, 2.75) is 37.3 Å². The average Bonchev–Trinajstić information content (AvgIpc) is 3.18. The molecular formula is C18H32N6O. The molecule has 0 saturated carbocycles. The zero-order valence-corrected chi connectivity index (χ0v) is 15.6. The van der Waals surface area contributed by atoms with E-state index in [-0.39, 0.29) is 5.91 Å². The highest BCUT2D eigenvalue weighted by atomic mass is 16.2. The van der Waals surface area contributed by atoms with Crippen molar-refractivity contribution in [3.8, 4) is 0 Å². The minimum atomic E-state index is -0.535. The van der Waals surface area contributed by atoms with Crippen LogP contribution in [0.3, 0.4) is 0 Å². The van der Waals surface area contributed by atoms with Crippen molar-refractivity contribution in [1.82, 2.24) is 30.2 Å². The number of amides is 1. The molecule has 0 bridgehead atoms. The van der Waals surface area contributed by atoms with Crippen LogP contribution in [0, 0.1) is 0 Å². The molecule has 0 radical (unpaired) electrons. The summed E-state index contributed by atoms with van der Waals surface area (Å²) in [6.45, 7) is 5.58. The molecule has 1 amide bonds. The van der Waals surface area contributed by atoms with Crippen LogP contribution in [0.4, 0.5) is 0 Å². The highest BCUT2D eigenvalue weighted by Crippen LogP contribution is 2.27. The van der Waals surface area contributed by atoms with Gasteiger partial charge in [-0.25, -0.2) is 0 Å². The molecule has 0 aliphatic carbocycles. The fourth-order valence-electron chi connectivity index (χ4n) is 4.07. The fraction of sp³-hybridized carbons (Fsp3) is 0.778. The molecule has 2 aliphatic rings. The van der Waals surface area contributed by atoms with Crippen LogP contribution in [-0.2, 0) is 10.3 Å². The fourth-order valence-corrected chi connectivity index (χ4v) is 4.07. The first-order valence-corrected chi connectivity index (χ1v) is 9.50. The third-order valence-corrected chi connectivity index (χ3v) is 5.80. The minimum Gasteiger partial charge on any atom is -0.353 e. The summed E-state index contributed by atoms with van der Waals surface area (Å²) in [6, 6.07) is 2.59. The van der Waals surface area contributed by atoms with Crippen LogP contribution in [0.5, 0.6) is 0 Å². The van der Waals surface area contributed by atoms with Gasteiger partial charge in [0.1, 0.15) is 5.54 Å². The molecule has 0 atom stereocenters. The van der Waals surface area contributed by atoms with Gasteiger partial charge < -0.3 is 20.4 Å². The quantitative estimate of drug-likeness (QED) is 0.764. The van der Waals surface area contributed by atoms with Gasteiger partial charge in [-0.3, -0.25) is 9.48 Å². The van der Waals surface area contributed by atoms with Crippen LogP contribution in [0.2, 0.25) is 0 Å². The van der Waals surface area contributed by atoms with E-state index in [0.29, 0.717) is 12.6 Å². The number of likely N-dealkylation sites (tertiary alicyclic amines) is 1. The van der Waals surface area contributed by atoms with Gasteiger partial charge in [0.15, 0.2) is 0 Å². The van der Waals surface area contributed by atoms with E-state index in [1.807, 2.05) is 16.9 Å². The van der Waals surface area contributed by atoms with E-state index in [0.717, 1.165) is 45.6 Å². The number of piperidine rings is 2. The Labute approximate surface area is 150 Å². The zero-order chi connectivity index (χ0) is 17.7. The van der Waals surface area contributed by atoms with Gasteiger partial charge in [0.2, 0.25) is 5.91 Å². The van der Waals surface area contributed by atoms with Gasteiger partial charge in [-0.05, 0) is 72.0 Å². The van der Waals surface area contributed by atoms with Gasteiger partial charge in [0, 0.05) is 31.5 Å². The number of carbonyl (C=O) groups is 1. The summed E-state index contributed by atoms with van der Waals surface area (Å²) >= 11 is 0. The van der Waals surface area contributed by atoms with Gasteiger partial charge in [0.05, 0.1) is 0 Å². The van der Waals surface area contributed by atoms with Gasteiger partial charge >= 0.3 is 0 Å². The van der Waals surface area contributed by atoms with Gasteiger partial charge in [-0.2, -0.15) is 5.10 Å². The Morgan fingerprint density at radius 3 is 2.64 bits per heavy atom. The summed E-state index contributed by atoms with van der Waals surface area (Å²) in [5, 5.41) is 10.9. The second kappa shape index (κ2) is 8.29. The summed E-state index contributed by atoms with van der Waals surface area (Å²) < 4.78 is 1.85. The lowest BCUT2D eigenvalue weighted by molar-refractivity contribution is -0.132. The molecule has 2 N–H and O–H groups in total. The molecule has 3 heterocycles. The molecule has 25 heavy (non-hydrogen) atoms. The maximum atomic E-state index is 13.0. The van der Waals surface area contributed by atoms with Crippen LogP contribution < -0.4 is 10.6 Å². The SMILES string of the molecule is CN(C)C1CCN(CCNC(=O)C2(n3cccn3)CCNCC2)CC1.